The molecule has 0 fully saturated rings. The van der Waals surface area contributed by atoms with Gasteiger partial charge >= 0.3 is 0 Å². The maximum atomic E-state index is 9.23. The van der Waals surface area contributed by atoms with Gasteiger partial charge in [0.15, 0.2) is 5.76 Å². The zero-order valence-electron chi connectivity index (χ0n) is 10.1. The normalized spacial score (nSPS) is 11.8. The molecule has 0 aliphatic rings. The average molecular weight is 239 g/mol. The monoisotopic (exact) mass is 239 g/mol. The van der Waals surface area contributed by atoms with Crippen molar-refractivity contribution in [2.75, 3.05) is 0 Å². The van der Waals surface area contributed by atoms with Gasteiger partial charge in [-0.05, 0) is 29.8 Å². The van der Waals surface area contributed by atoms with Crippen LogP contribution in [0.25, 0.3) is 11.3 Å². The summed E-state index contributed by atoms with van der Waals surface area (Å²) in [5.74, 6) is 1.38. The minimum absolute atomic E-state index is 0.350. The highest BCUT2D eigenvalue weighted by Gasteiger charge is 2.11. The molecule has 0 spiro atoms. The van der Waals surface area contributed by atoms with Gasteiger partial charge in [0.05, 0.1) is 11.3 Å². The second-order valence-corrected chi connectivity index (χ2v) is 3.76. The summed E-state index contributed by atoms with van der Waals surface area (Å²) >= 11 is 0. The number of furan rings is 1. The van der Waals surface area contributed by atoms with Crippen molar-refractivity contribution in [1.82, 2.24) is 4.98 Å². The van der Waals surface area contributed by atoms with Gasteiger partial charge in [0.1, 0.15) is 11.8 Å². The molecular weight excluding hydrogens is 226 g/mol. The fourth-order valence-corrected chi connectivity index (χ4v) is 1.63. The first-order valence-corrected chi connectivity index (χ1v) is 5.65. The molecule has 0 radical (unpaired) electrons. The summed E-state index contributed by atoms with van der Waals surface area (Å²) in [6.45, 7) is 2.00. The molecule has 4 heteroatoms. The summed E-state index contributed by atoms with van der Waals surface area (Å²) in [4.78, 5) is 3.92. The lowest BCUT2D eigenvalue weighted by Gasteiger charge is -2.03. The Morgan fingerprint density at radius 2 is 2.06 bits per heavy atom. The van der Waals surface area contributed by atoms with Crippen molar-refractivity contribution in [3.05, 3.63) is 53.7 Å². The van der Waals surface area contributed by atoms with Gasteiger partial charge in [0.2, 0.25) is 0 Å². The maximum Gasteiger partial charge on any atom is 0.151 e. The SMILES string of the molecule is CCc1ccc(/C(N)=C(/C#N)c2ccncc2)o1. The predicted molar refractivity (Wildman–Crippen MR) is 68.9 cm³/mol. The van der Waals surface area contributed by atoms with Gasteiger partial charge in [-0.1, -0.05) is 6.92 Å². The Kier molecular flexibility index (Phi) is 3.44. The molecule has 0 unspecified atom stereocenters. The summed E-state index contributed by atoms with van der Waals surface area (Å²) in [7, 11) is 0. The number of nitrogens with zero attached hydrogens (tertiary/aromatic N) is 2. The second-order valence-electron chi connectivity index (χ2n) is 3.76. The van der Waals surface area contributed by atoms with Crippen molar-refractivity contribution in [1.29, 1.82) is 5.26 Å². The van der Waals surface area contributed by atoms with Crippen LogP contribution in [-0.4, -0.2) is 4.98 Å². The Labute approximate surface area is 105 Å². The van der Waals surface area contributed by atoms with E-state index in [2.05, 4.69) is 11.1 Å². The third-order valence-corrected chi connectivity index (χ3v) is 2.63. The molecule has 0 saturated carbocycles. The van der Waals surface area contributed by atoms with Crippen molar-refractivity contribution >= 4 is 11.3 Å². The van der Waals surface area contributed by atoms with Crippen LogP contribution in [0.3, 0.4) is 0 Å². The lowest BCUT2D eigenvalue weighted by Crippen LogP contribution is -1.99. The van der Waals surface area contributed by atoms with Crippen LogP contribution >= 0.6 is 0 Å². The molecule has 0 aliphatic carbocycles. The zero-order valence-corrected chi connectivity index (χ0v) is 10.1. The van der Waals surface area contributed by atoms with Crippen LogP contribution in [0.1, 0.15) is 24.0 Å². The van der Waals surface area contributed by atoms with Crippen LogP contribution in [0.5, 0.6) is 0 Å². The quantitative estimate of drug-likeness (QED) is 0.835. The number of aromatic nitrogens is 1. The highest BCUT2D eigenvalue weighted by molar-refractivity contribution is 5.94. The van der Waals surface area contributed by atoms with Crippen LogP contribution in [0, 0.1) is 11.3 Å². The number of allylic oxidation sites excluding steroid dienone is 1. The summed E-state index contributed by atoms with van der Waals surface area (Å²) in [6.07, 6.45) is 4.05. The number of rotatable bonds is 3. The van der Waals surface area contributed by atoms with Gasteiger partial charge in [0, 0.05) is 18.8 Å². The largest absolute Gasteiger partial charge is 0.460 e. The van der Waals surface area contributed by atoms with Gasteiger partial charge in [-0.25, -0.2) is 0 Å². The molecule has 2 N–H and O–H groups in total. The first-order chi connectivity index (χ1) is 8.76. The summed E-state index contributed by atoms with van der Waals surface area (Å²) < 4.78 is 5.55. The van der Waals surface area contributed by atoms with Gasteiger partial charge in [-0.2, -0.15) is 5.26 Å². The second kappa shape index (κ2) is 5.19. The minimum Gasteiger partial charge on any atom is -0.460 e. The molecule has 4 nitrogen and oxygen atoms in total. The first kappa shape index (κ1) is 11.9. The molecule has 0 amide bonds. The third-order valence-electron chi connectivity index (χ3n) is 2.63. The molecule has 2 heterocycles. The molecule has 0 atom stereocenters. The van der Waals surface area contributed by atoms with Gasteiger partial charge in [-0.15, -0.1) is 0 Å². The number of hydrogen-bond donors (Lipinski definition) is 1. The Morgan fingerprint density at radius 1 is 1.33 bits per heavy atom. The predicted octanol–water partition coefficient (Wildman–Crippen LogP) is 2.59. The Balaban J connectivity index is 2.47. The lowest BCUT2D eigenvalue weighted by molar-refractivity contribution is 0.504. The fraction of sp³-hybridized carbons (Fsp3) is 0.143. The molecule has 90 valence electrons. The average Bonchev–Trinajstić information content (AvgIpc) is 2.89. The summed E-state index contributed by atoms with van der Waals surface area (Å²) in [5.41, 5.74) is 7.48. The number of nitriles is 1. The van der Waals surface area contributed by atoms with E-state index in [0.717, 1.165) is 17.7 Å². The number of hydrogen-bond acceptors (Lipinski definition) is 4. The van der Waals surface area contributed by atoms with Gasteiger partial charge in [-0.3, -0.25) is 4.98 Å². The van der Waals surface area contributed by atoms with E-state index in [1.165, 1.54) is 0 Å². The van der Waals surface area contributed by atoms with E-state index in [-0.39, 0.29) is 0 Å². The molecule has 0 aromatic carbocycles. The molecule has 0 saturated heterocycles. The van der Waals surface area contributed by atoms with Crippen molar-refractivity contribution in [2.24, 2.45) is 5.73 Å². The zero-order chi connectivity index (χ0) is 13.0. The van der Waals surface area contributed by atoms with Crippen LogP contribution in [0.2, 0.25) is 0 Å². The summed E-state index contributed by atoms with van der Waals surface area (Å²) in [5, 5.41) is 9.23. The van der Waals surface area contributed by atoms with Crippen LogP contribution in [0.15, 0.2) is 41.1 Å². The van der Waals surface area contributed by atoms with Gasteiger partial charge in [0.25, 0.3) is 0 Å². The Bertz CT molecular complexity index is 605. The Hall–Kier alpha value is -2.54. The smallest absolute Gasteiger partial charge is 0.151 e. The van der Waals surface area contributed by atoms with Crippen molar-refractivity contribution in [2.45, 2.75) is 13.3 Å². The molecule has 2 aromatic heterocycles. The van der Waals surface area contributed by atoms with E-state index in [1.807, 2.05) is 13.0 Å². The summed E-state index contributed by atoms with van der Waals surface area (Å²) in [6, 6.07) is 9.25. The van der Waals surface area contributed by atoms with Crippen LogP contribution in [0.4, 0.5) is 0 Å². The molecule has 18 heavy (non-hydrogen) atoms. The van der Waals surface area contributed by atoms with E-state index in [4.69, 9.17) is 10.2 Å². The van der Waals surface area contributed by atoms with Crippen LogP contribution in [-0.2, 0) is 6.42 Å². The fourth-order valence-electron chi connectivity index (χ4n) is 1.63. The maximum absolute atomic E-state index is 9.23. The van der Waals surface area contributed by atoms with Crippen LogP contribution < -0.4 is 5.73 Å². The molecule has 2 rings (SSSR count). The topological polar surface area (TPSA) is 75.8 Å². The Morgan fingerprint density at radius 3 is 2.61 bits per heavy atom. The molecule has 0 bridgehead atoms. The van der Waals surface area contributed by atoms with Crippen molar-refractivity contribution in [3.8, 4) is 6.07 Å². The van der Waals surface area contributed by atoms with E-state index in [9.17, 15) is 5.26 Å². The van der Waals surface area contributed by atoms with E-state index in [1.54, 1.807) is 30.6 Å². The minimum atomic E-state index is 0.350. The van der Waals surface area contributed by atoms with Crippen molar-refractivity contribution in [3.63, 3.8) is 0 Å². The van der Waals surface area contributed by atoms with E-state index < -0.39 is 0 Å². The highest BCUT2D eigenvalue weighted by Crippen LogP contribution is 2.23. The molecule has 2 aromatic rings. The third kappa shape index (κ3) is 2.25. The highest BCUT2D eigenvalue weighted by atomic mass is 16.3. The number of nitrogens with two attached hydrogens (primary N) is 1. The lowest BCUT2D eigenvalue weighted by atomic mass is 10.1. The molecule has 0 aliphatic heterocycles. The van der Waals surface area contributed by atoms with E-state index >= 15 is 0 Å². The number of pyridine rings is 1. The van der Waals surface area contributed by atoms with E-state index in [0.29, 0.717) is 17.0 Å². The van der Waals surface area contributed by atoms with Gasteiger partial charge < -0.3 is 10.2 Å². The first-order valence-electron chi connectivity index (χ1n) is 5.65. The molecular formula is C14H13N3O. The standard InChI is InChI=1S/C14H13N3O/c1-2-11-3-4-13(18-11)14(16)12(9-15)10-5-7-17-8-6-10/h3-8H,2,16H2,1H3/b14-12+. The van der Waals surface area contributed by atoms with Crippen molar-refractivity contribution < 1.29 is 4.42 Å². The number of aryl methyl sites for hydroxylation is 1.